The van der Waals surface area contributed by atoms with E-state index in [1.165, 1.54) is 0 Å². The molecule has 1 atom stereocenters. The van der Waals surface area contributed by atoms with Crippen molar-refractivity contribution in [3.8, 4) is 11.4 Å². The summed E-state index contributed by atoms with van der Waals surface area (Å²) >= 11 is 0. The van der Waals surface area contributed by atoms with E-state index in [2.05, 4.69) is 15.5 Å². The minimum absolute atomic E-state index is 0.000303. The van der Waals surface area contributed by atoms with E-state index in [4.69, 9.17) is 4.52 Å². The summed E-state index contributed by atoms with van der Waals surface area (Å²) in [5.41, 5.74) is 3.24. The summed E-state index contributed by atoms with van der Waals surface area (Å²) in [6.07, 6.45) is 1.40. The number of anilines is 1. The normalized spacial score (nSPS) is 12.4. The van der Waals surface area contributed by atoms with Gasteiger partial charge in [0.25, 0.3) is 0 Å². The van der Waals surface area contributed by atoms with Crippen molar-refractivity contribution < 1.29 is 17.7 Å². The van der Waals surface area contributed by atoms with E-state index in [-0.39, 0.29) is 12.4 Å². The number of sulfonamides is 1. The van der Waals surface area contributed by atoms with Gasteiger partial charge >= 0.3 is 0 Å². The van der Waals surface area contributed by atoms with Crippen molar-refractivity contribution in [1.82, 2.24) is 15.5 Å². The lowest BCUT2D eigenvalue weighted by atomic mass is 10.1. The Labute approximate surface area is 182 Å². The van der Waals surface area contributed by atoms with Gasteiger partial charge in [0, 0.05) is 5.56 Å². The minimum Gasteiger partial charge on any atom is -0.345 e. The standard InChI is InChI=1S/C22H26N4O4S/c1-5-19(26(31(4,28)29)18-12-11-15(2)16(3)13-18)22(27)23-14-20-24-21(25-30-20)17-9-7-6-8-10-17/h6-13,19H,5,14H2,1-4H3,(H,23,27). The van der Waals surface area contributed by atoms with Gasteiger partial charge in [-0.05, 0) is 43.5 Å². The van der Waals surface area contributed by atoms with Crippen molar-refractivity contribution in [2.75, 3.05) is 10.6 Å². The lowest BCUT2D eigenvalue weighted by Crippen LogP contribution is -2.49. The summed E-state index contributed by atoms with van der Waals surface area (Å²) in [5, 5.41) is 6.65. The number of hydrogen-bond donors (Lipinski definition) is 1. The van der Waals surface area contributed by atoms with Gasteiger partial charge in [-0.1, -0.05) is 48.5 Å². The smallest absolute Gasteiger partial charge is 0.246 e. The Morgan fingerprint density at radius 2 is 1.84 bits per heavy atom. The third-order valence-corrected chi connectivity index (χ3v) is 6.17. The summed E-state index contributed by atoms with van der Waals surface area (Å²) in [5.74, 6) is 0.217. The molecule has 1 aromatic heterocycles. The summed E-state index contributed by atoms with van der Waals surface area (Å²) in [6.45, 7) is 5.62. The van der Waals surface area contributed by atoms with E-state index in [0.29, 0.717) is 17.9 Å². The molecule has 8 nitrogen and oxygen atoms in total. The fraction of sp³-hybridized carbons (Fsp3) is 0.318. The number of rotatable bonds is 8. The molecule has 0 aliphatic carbocycles. The average molecular weight is 443 g/mol. The summed E-state index contributed by atoms with van der Waals surface area (Å²) in [6, 6.07) is 13.8. The van der Waals surface area contributed by atoms with Gasteiger partial charge in [0.2, 0.25) is 27.6 Å². The van der Waals surface area contributed by atoms with Crippen molar-refractivity contribution in [3.63, 3.8) is 0 Å². The molecule has 0 saturated carbocycles. The third kappa shape index (κ3) is 5.29. The van der Waals surface area contributed by atoms with Crippen LogP contribution in [-0.2, 0) is 21.4 Å². The molecule has 0 fully saturated rings. The van der Waals surface area contributed by atoms with Crippen LogP contribution in [0.15, 0.2) is 53.1 Å². The highest BCUT2D eigenvalue weighted by molar-refractivity contribution is 7.92. The van der Waals surface area contributed by atoms with Crippen LogP contribution in [0, 0.1) is 13.8 Å². The molecule has 1 N–H and O–H groups in total. The largest absolute Gasteiger partial charge is 0.345 e. The summed E-state index contributed by atoms with van der Waals surface area (Å²) in [4.78, 5) is 17.2. The topological polar surface area (TPSA) is 105 Å². The Morgan fingerprint density at radius 1 is 1.13 bits per heavy atom. The molecule has 2 aromatic carbocycles. The molecule has 164 valence electrons. The van der Waals surface area contributed by atoms with Gasteiger partial charge in [-0.15, -0.1) is 0 Å². The number of benzene rings is 2. The molecule has 0 aliphatic heterocycles. The van der Waals surface area contributed by atoms with Gasteiger partial charge in [0.15, 0.2) is 0 Å². The molecule has 3 aromatic rings. The van der Waals surface area contributed by atoms with Crippen LogP contribution in [-0.4, -0.2) is 36.8 Å². The van der Waals surface area contributed by atoms with Gasteiger partial charge in [-0.2, -0.15) is 4.98 Å². The van der Waals surface area contributed by atoms with E-state index >= 15 is 0 Å². The highest BCUT2D eigenvalue weighted by Crippen LogP contribution is 2.25. The van der Waals surface area contributed by atoms with Gasteiger partial charge in [0.1, 0.15) is 6.04 Å². The minimum atomic E-state index is -3.70. The molecule has 31 heavy (non-hydrogen) atoms. The predicted octanol–water partition coefficient (Wildman–Crippen LogP) is 3.21. The first-order valence-corrected chi connectivity index (χ1v) is 11.8. The Kier molecular flexibility index (Phi) is 6.74. The number of aromatic nitrogens is 2. The number of hydrogen-bond acceptors (Lipinski definition) is 6. The Morgan fingerprint density at radius 3 is 2.45 bits per heavy atom. The predicted molar refractivity (Wildman–Crippen MR) is 119 cm³/mol. The van der Waals surface area contributed by atoms with Gasteiger partial charge in [-0.25, -0.2) is 8.42 Å². The van der Waals surface area contributed by atoms with E-state index in [1.54, 1.807) is 19.1 Å². The molecule has 1 heterocycles. The number of aryl methyl sites for hydroxylation is 2. The van der Waals surface area contributed by atoms with Crippen LogP contribution in [0.4, 0.5) is 5.69 Å². The molecule has 1 unspecified atom stereocenters. The molecule has 0 radical (unpaired) electrons. The van der Waals surface area contributed by atoms with Crippen LogP contribution in [0.5, 0.6) is 0 Å². The number of nitrogens with zero attached hydrogens (tertiary/aromatic N) is 3. The van der Waals surface area contributed by atoms with Crippen molar-refractivity contribution in [2.24, 2.45) is 0 Å². The summed E-state index contributed by atoms with van der Waals surface area (Å²) in [7, 11) is -3.70. The van der Waals surface area contributed by atoms with Crippen LogP contribution < -0.4 is 9.62 Å². The average Bonchev–Trinajstić information content (AvgIpc) is 3.21. The molecule has 0 aliphatic rings. The molecular formula is C22H26N4O4S. The van der Waals surface area contributed by atoms with E-state index < -0.39 is 22.0 Å². The van der Waals surface area contributed by atoms with Crippen molar-refractivity contribution in [1.29, 1.82) is 0 Å². The number of amides is 1. The zero-order valence-electron chi connectivity index (χ0n) is 18.0. The highest BCUT2D eigenvalue weighted by Gasteiger charge is 2.31. The van der Waals surface area contributed by atoms with Crippen molar-refractivity contribution >= 4 is 21.6 Å². The molecular weight excluding hydrogens is 416 g/mol. The maximum atomic E-state index is 12.9. The molecule has 3 rings (SSSR count). The first-order chi connectivity index (χ1) is 14.7. The number of nitrogens with one attached hydrogen (secondary N) is 1. The lowest BCUT2D eigenvalue weighted by molar-refractivity contribution is -0.122. The maximum Gasteiger partial charge on any atom is 0.246 e. The second-order valence-electron chi connectivity index (χ2n) is 7.35. The fourth-order valence-electron chi connectivity index (χ4n) is 3.23. The Balaban J connectivity index is 1.78. The van der Waals surface area contributed by atoms with Crippen LogP contribution >= 0.6 is 0 Å². The van der Waals surface area contributed by atoms with Crippen LogP contribution in [0.3, 0.4) is 0 Å². The summed E-state index contributed by atoms with van der Waals surface area (Å²) < 4.78 is 31.5. The van der Waals surface area contributed by atoms with Crippen LogP contribution in [0.25, 0.3) is 11.4 Å². The van der Waals surface area contributed by atoms with E-state index in [9.17, 15) is 13.2 Å². The molecule has 9 heteroatoms. The Bertz CT molecular complexity index is 1160. The zero-order chi connectivity index (χ0) is 22.6. The first-order valence-electron chi connectivity index (χ1n) is 9.93. The Hall–Kier alpha value is -3.20. The lowest BCUT2D eigenvalue weighted by Gasteiger charge is -2.30. The van der Waals surface area contributed by atoms with Gasteiger partial charge in [-0.3, -0.25) is 9.10 Å². The van der Waals surface area contributed by atoms with E-state index in [0.717, 1.165) is 27.3 Å². The number of carbonyl (C=O) groups excluding carboxylic acids is 1. The quantitative estimate of drug-likeness (QED) is 0.574. The number of carbonyl (C=O) groups is 1. The van der Waals surface area contributed by atoms with Crippen molar-refractivity contribution in [2.45, 2.75) is 39.8 Å². The second kappa shape index (κ2) is 9.30. The van der Waals surface area contributed by atoms with E-state index in [1.807, 2.05) is 50.2 Å². The third-order valence-electron chi connectivity index (χ3n) is 4.99. The molecule has 0 spiro atoms. The highest BCUT2D eigenvalue weighted by atomic mass is 32.2. The zero-order valence-corrected chi connectivity index (χ0v) is 18.8. The SMILES string of the molecule is CCC(C(=O)NCc1nc(-c2ccccc2)no1)N(c1ccc(C)c(C)c1)S(C)(=O)=O. The second-order valence-corrected chi connectivity index (χ2v) is 9.21. The fourth-order valence-corrected chi connectivity index (χ4v) is 4.44. The molecule has 1 amide bonds. The van der Waals surface area contributed by atoms with Crippen LogP contribution in [0.1, 0.15) is 30.4 Å². The first kappa shape index (κ1) is 22.5. The van der Waals surface area contributed by atoms with Crippen LogP contribution in [0.2, 0.25) is 0 Å². The van der Waals surface area contributed by atoms with Gasteiger partial charge < -0.3 is 9.84 Å². The maximum absolute atomic E-state index is 12.9. The monoisotopic (exact) mass is 442 g/mol. The molecule has 0 bridgehead atoms. The molecule has 0 saturated heterocycles. The van der Waals surface area contributed by atoms with Gasteiger partial charge in [0.05, 0.1) is 18.5 Å². The van der Waals surface area contributed by atoms with Crippen molar-refractivity contribution in [3.05, 3.63) is 65.5 Å².